The molecule has 6 nitrogen and oxygen atoms in total. The minimum absolute atomic E-state index is 0.113. The van der Waals surface area contributed by atoms with Crippen molar-refractivity contribution in [2.75, 3.05) is 6.61 Å². The quantitative estimate of drug-likeness (QED) is 0.315. The van der Waals surface area contributed by atoms with E-state index in [4.69, 9.17) is 4.84 Å². The first-order valence-corrected chi connectivity index (χ1v) is 14.0. The smallest absolute Gasteiger partial charge is 0.261 e. The van der Waals surface area contributed by atoms with Gasteiger partial charge in [0.2, 0.25) is 0 Å². The molecular weight excluding hydrogens is 472 g/mol. The largest absolute Gasteiger partial charge is 0.386 e. The highest BCUT2D eigenvalue weighted by Gasteiger charge is 2.32. The van der Waals surface area contributed by atoms with Crippen molar-refractivity contribution in [1.29, 1.82) is 0 Å². The van der Waals surface area contributed by atoms with Crippen LogP contribution in [0.25, 0.3) is 0 Å². The molecule has 1 N–H and O–H groups in total. The van der Waals surface area contributed by atoms with Crippen LogP contribution >= 0.6 is 0 Å². The number of carbonyl (C=O) groups is 1. The van der Waals surface area contributed by atoms with Gasteiger partial charge in [0.25, 0.3) is 5.91 Å². The zero-order valence-electron chi connectivity index (χ0n) is 23.7. The number of fused-ring (bicyclic) bond motifs is 1. The van der Waals surface area contributed by atoms with Gasteiger partial charge in [-0.05, 0) is 49.3 Å². The number of amides is 1. The Morgan fingerprint density at radius 2 is 1.58 bits per heavy atom. The van der Waals surface area contributed by atoms with Crippen LogP contribution in [0.1, 0.15) is 88.5 Å². The van der Waals surface area contributed by atoms with Crippen LogP contribution < -0.4 is 5.32 Å². The maximum Gasteiger partial charge on any atom is 0.261 e. The molecule has 0 aromatic heterocycles. The van der Waals surface area contributed by atoms with E-state index in [1.54, 1.807) is 6.21 Å². The fourth-order valence-electron chi connectivity index (χ4n) is 4.76. The molecule has 1 aliphatic carbocycles. The van der Waals surface area contributed by atoms with Crippen LogP contribution in [0.15, 0.2) is 63.9 Å². The van der Waals surface area contributed by atoms with Crippen molar-refractivity contribution in [2.24, 2.45) is 33.1 Å². The minimum atomic E-state index is -0.205. The first kappa shape index (κ1) is 29.3. The lowest BCUT2D eigenvalue weighted by Gasteiger charge is -2.32. The number of benzene rings is 2. The summed E-state index contributed by atoms with van der Waals surface area (Å²) in [6, 6.07) is 16.2. The molecule has 2 aromatic carbocycles. The van der Waals surface area contributed by atoms with Crippen molar-refractivity contribution in [2.45, 2.75) is 79.7 Å². The number of hydrogen-bond acceptors (Lipinski definition) is 5. The number of rotatable bonds is 7. The summed E-state index contributed by atoms with van der Waals surface area (Å²) in [7, 11) is 0. The molecule has 1 amide bonds. The molecule has 1 heterocycles. The standard InChI is InChI=1S/C28H34N4O2.C4H10/c1-20-9-11-23(12-10-20)18-30-34-19-27(33)29-17-22-13-15-24(16-14-22)28-26-8-6-4-3-5-7-25(26)21(2)31-32-28;1-4(2)3/h9-16,18,25-26H,3-8,17,19H2,1-2H3,(H,29,33);4H,1-3H3/b30-18+;. The summed E-state index contributed by atoms with van der Waals surface area (Å²) in [6.45, 7) is 11.0. The Balaban J connectivity index is 0.000000934. The molecule has 4 rings (SSSR count). The number of carbonyl (C=O) groups excluding carboxylic acids is 1. The minimum Gasteiger partial charge on any atom is -0.386 e. The monoisotopic (exact) mass is 516 g/mol. The van der Waals surface area contributed by atoms with E-state index in [1.165, 1.54) is 49.8 Å². The molecule has 2 aliphatic rings. The Labute approximate surface area is 228 Å². The molecule has 2 aromatic rings. The predicted octanol–water partition coefficient (Wildman–Crippen LogP) is 7.09. The maximum absolute atomic E-state index is 12.1. The Morgan fingerprint density at radius 1 is 0.947 bits per heavy atom. The van der Waals surface area contributed by atoms with E-state index in [2.05, 4.69) is 72.6 Å². The van der Waals surface area contributed by atoms with Crippen LogP contribution in [0.4, 0.5) is 0 Å². The third-order valence-corrected chi connectivity index (χ3v) is 6.76. The molecule has 1 saturated carbocycles. The first-order valence-electron chi connectivity index (χ1n) is 14.0. The van der Waals surface area contributed by atoms with Crippen molar-refractivity contribution >= 4 is 23.5 Å². The molecule has 0 saturated heterocycles. The highest BCUT2D eigenvalue weighted by atomic mass is 16.6. The Bertz CT molecular complexity index is 1100. The van der Waals surface area contributed by atoms with Gasteiger partial charge in [0.15, 0.2) is 6.61 Å². The van der Waals surface area contributed by atoms with Gasteiger partial charge in [-0.25, -0.2) is 0 Å². The van der Waals surface area contributed by atoms with E-state index in [9.17, 15) is 4.79 Å². The second-order valence-corrected chi connectivity index (χ2v) is 11.1. The SMILES string of the molecule is CC(C)C.CC1=NN=C(c2ccc(CNC(=O)CO/N=C/c3ccc(C)cc3)cc2)C2CCCCCCC12. The third-order valence-electron chi connectivity index (χ3n) is 6.76. The second kappa shape index (κ2) is 15.2. The molecule has 6 heteroatoms. The molecule has 0 spiro atoms. The van der Waals surface area contributed by atoms with Gasteiger partial charge in [-0.15, -0.1) is 0 Å². The van der Waals surface area contributed by atoms with Gasteiger partial charge in [-0.2, -0.15) is 10.2 Å². The molecule has 2 unspecified atom stereocenters. The van der Waals surface area contributed by atoms with Crippen LogP contribution in [0, 0.1) is 24.7 Å². The molecular formula is C32H44N4O2. The normalized spacial score (nSPS) is 19.3. The average molecular weight is 517 g/mol. The highest BCUT2D eigenvalue weighted by Crippen LogP contribution is 2.34. The lowest BCUT2D eigenvalue weighted by atomic mass is 9.74. The van der Waals surface area contributed by atoms with Crippen molar-refractivity contribution in [3.05, 3.63) is 70.8 Å². The van der Waals surface area contributed by atoms with E-state index in [-0.39, 0.29) is 12.5 Å². The number of hydrogen-bond donors (Lipinski definition) is 1. The van der Waals surface area contributed by atoms with E-state index in [0.29, 0.717) is 18.4 Å². The summed E-state index contributed by atoms with van der Waals surface area (Å²) in [6.07, 6.45) is 9.17. The molecule has 38 heavy (non-hydrogen) atoms. The fraction of sp³-hybridized carbons (Fsp3) is 0.500. The van der Waals surface area contributed by atoms with Crippen molar-refractivity contribution in [3.8, 4) is 0 Å². The van der Waals surface area contributed by atoms with Crippen molar-refractivity contribution < 1.29 is 9.63 Å². The summed E-state index contributed by atoms with van der Waals surface area (Å²) in [5.41, 5.74) is 6.58. The Kier molecular flexibility index (Phi) is 11.7. The lowest BCUT2D eigenvalue weighted by Crippen LogP contribution is -2.33. The molecule has 0 bridgehead atoms. The molecule has 1 aliphatic heterocycles. The third kappa shape index (κ3) is 9.55. The van der Waals surface area contributed by atoms with Crippen LogP contribution in [0.5, 0.6) is 0 Å². The lowest BCUT2D eigenvalue weighted by molar-refractivity contribution is -0.125. The topological polar surface area (TPSA) is 75.4 Å². The number of oxime groups is 1. The molecule has 2 atom stereocenters. The predicted molar refractivity (Wildman–Crippen MR) is 158 cm³/mol. The molecule has 0 radical (unpaired) electrons. The fourth-order valence-corrected chi connectivity index (χ4v) is 4.76. The molecule has 204 valence electrons. The Hall–Kier alpha value is -3.28. The van der Waals surface area contributed by atoms with Gasteiger partial charge < -0.3 is 10.2 Å². The first-order chi connectivity index (χ1) is 18.3. The van der Waals surface area contributed by atoms with Crippen molar-refractivity contribution in [1.82, 2.24) is 5.32 Å². The van der Waals surface area contributed by atoms with Gasteiger partial charge in [0.05, 0.1) is 11.9 Å². The molecule has 1 fully saturated rings. The van der Waals surface area contributed by atoms with Gasteiger partial charge in [-0.3, -0.25) is 4.79 Å². The van der Waals surface area contributed by atoms with Crippen LogP contribution in [-0.4, -0.2) is 30.2 Å². The van der Waals surface area contributed by atoms with Crippen LogP contribution in [-0.2, 0) is 16.2 Å². The van der Waals surface area contributed by atoms with Gasteiger partial charge in [-0.1, -0.05) is 106 Å². The Morgan fingerprint density at radius 3 is 2.24 bits per heavy atom. The maximum atomic E-state index is 12.1. The summed E-state index contributed by atoms with van der Waals surface area (Å²) in [5.74, 6) is 1.60. The number of nitrogens with one attached hydrogen (secondary N) is 1. The number of aryl methyl sites for hydroxylation is 1. The summed E-state index contributed by atoms with van der Waals surface area (Å²) >= 11 is 0. The van der Waals surface area contributed by atoms with E-state index >= 15 is 0 Å². The van der Waals surface area contributed by atoms with Crippen molar-refractivity contribution in [3.63, 3.8) is 0 Å². The van der Waals surface area contributed by atoms with Gasteiger partial charge >= 0.3 is 0 Å². The highest BCUT2D eigenvalue weighted by molar-refractivity contribution is 6.06. The summed E-state index contributed by atoms with van der Waals surface area (Å²) in [4.78, 5) is 17.2. The van der Waals surface area contributed by atoms with Gasteiger partial charge in [0, 0.05) is 24.1 Å². The van der Waals surface area contributed by atoms with Crippen LogP contribution in [0.3, 0.4) is 0 Å². The summed E-state index contributed by atoms with van der Waals surface area (Å²) < 4.78 is 0. The number of nitrogens with zero attached hydrogens (tertiary/aromatic N) is 3. The second-order valence-electron chi connectivity index (χ2n) is 11.1. The average Bonchev–Trinajstić information content (AvgIpc) is 2.87. The van der Waals surface area contributed by atoms with E-state index in [0.717, 1.165) is 28.3 Å². The van der Waals surface area contributed by atoms with Gasteiger partial charge in [0.1, 0.15) is 0 Å². The van der Waals surface area contributed by atoms with E-state index in [1.807, 2.05) is 31.2 Å². The van der Waals surface area contributed by atoms with Crippen LogP contribution in [0.2, 0.25) is 0 Å². The zero-order chi connectivity index (χ0) is 27.3. The van der Waals surface area contributed by atoms with E-state index < -0.39 is 0 Å². The summed E-state index contributed by atoms with van der Waals surface area (Å²) in [5, 5.41) is 15.9. The zero-order valence-corrected chi connectivity index (χ0v) is 23.7.